The van der Waals surface area contributed by atoms with Crippen LogP contribution in [0.1, 0.15) is 64.0 Å². The Bertz CT molecular complexity index is 1310. The number of nitriles is 1. The molecular formula is C27H35FN7O4P. The number of carbonyl (C=O) groups is 1. The van der Waals surface area contributed by atoms with Gasteiger partial charge in [-0.1, -0.05) is 25.1 Å². The van der Waals surface area contributed by atoms with Crippen LogP contribution < -0.4 is 5.32 Å². The molecule has 11 nitrogen and oxygen atoms in total. The lowest BCUT2D eigenvalue weighted by atomic mass is 10.1. The molecule has 1 aliphatic rings. The maximum absolute atomic E-state index is 16.2. The second kappa shape index (κ2) is 13.5. The fourth-order valence-corrected chi connectivity index (χ4v) is 6.43. The first-order valence-corrected chi connectivity index (χ1v) is 14.5. The number of amides is 1. The predicted molar refractivity (Wildman–Crippen MR) is 149 cm³/mol. The number of aromatic nitrogens is 4. The summed E-state index contributed by atoms with van der Waals surface area (Å²) in [6.45, 7) is 10.2. The average Bonchev–Trinajstić information content (AvgIpc) is 3.50. The van der Waals surface area contributed by atoms with Crippen LogP contribution in [0.25, 0.3) is 11.2 Å². The number of ether oxygens (including phenoxy) is 1. The summed E-state index contributed by atoms with van der Waals surface area (Å²) >= 11 is 0. The van der Waals surface area contributed by atoms with E-state index in [1.807, 2.05) is 40.7 Å². The van der Waals surface area contributed by atoms with E-state index in [2.05, 4.69) is 31.0 Å². The third-order valence-corrected chi connectivity index (χ3v) is 8.57. The maximum atomic E-state index is 16.2. The minimum Gasteiger partial charge on any atom is -0.349 e. The highest BCUT2D eigenvalue weighted by atomic mass is 31.2. The molecule has 1 saturated heterocycles. The highest BCUT2D eigenvalue weighted by molar-refractivity contribution is 7.44. The van der Waals surface area contributed by atoms with Crippen LogP contribution in [0.2, 0.25) is 0 Å². The highest BCUT2D eigenvalue weighted by Gasteiger charge is 2.49. The number of imidazole rings is 1. The molecule has 0 spiro atoms. The topological polar surface area (TPSA) is 127 Å². The van der Waals surface area contributed by atoms with E-state index in [1.54, 1.807) is 24.3 Å². The number of benzene rings is 1. The van der Waals surface area contributed by atoms with Gasteiger partial charge in [0.2, 0.25) is 0 Å². The molecule has 1 fully saturated rings. The van der Waals surface area contributed by atoms with Gasteiger partial charge in [-0.15, -0.1) is 0 Å². The number of hydrogen-bond acceptors (Lipinski definition) is 9. The van der Waals surface area contributed by atoms with Gasteiger partial charge in [0.25, 0.3) is 14.4 Å². The molecule has 4 rings (SSSR count). The second-order valence-corrected chi connectivity index (χ2v) is 11.3. The number of halogens is 1. The van der Waals surface area contributed by atoms with Gasteiger partial charge < -0.3 is 19.1 Å². The molecule has 2 aromatic heterocycles. The summed E-state index contributed by atoms with van der Waals surface area (Å²) in [7, 11) is -1.67. The largest absolute Gasteiger partial charge is 0.349 e. The molecule has 3 aromatic rings. The number of hydrogen-bond donors (Lipinski definition) is 1. The summed E-state index contributed by atoms with van der Waals surface area (Å²) in [6, 6.07) is 11.0. The lowest BCUT2D eigenvalue weighted by Gasteiger charge is -2.37. The van der Waals surface area contributed by atoms with Crippen molar-refractivity contribution in [1.29, 1.82) is 5.26 Å². The van der Waals surface area contributed by atoms with Crippen LogP contribution in [-0.4, -0.2) is 67.2 Å². The van der Waals surface area contributed by atoms with E-state index in [0.29, 0.717) is 23.1 Å². The maximum Gasteiger partial charge on any atom is 0.259 e. The smallest absolute Gasteiger partial charge is 0.259 e. The zero-order chi connectivity index (χ0) is 28.8. The van der Waals surface area contributed by atoms with Gasteiger partial charge in [0, 0.05) is 17.6 Å². The van der Waals surface area contributed by atoms with Crippen molar-refractivity contribution in [3.63, 3.8) is 0 Å². The molecule has 0 saturated carbocycles. The SMILES string of the molecule is CC[C@H]1O[C@@H](n2cnc3c(NC(=O)c4ccccc4)ncnc32)C(F)[C@H]1OP(OCCC#N)N(C(C)C)C(C)C. The minimum atomic E-state index is -1.67. The summed E-state index contributed by atoms with van der Waals surface area (Å²) < 4.78 is 38.3. The van der Waals surface area contributed by atoms with Gasteiger partial charge in [-0.25, -0.2) is 24.0 Å². The summed E-state index contributed by atoms with van der Waals surface area (Å²) in [5.41, 5.74) is 1.10. The predicted octanol–water partition coefficient (Wildman–Crippen LogP) is 5.39. The van der Waals surface area contributed by atoms with Crippen molar-refractivity contribution < 1.29 is 23.0 Å². The molecule has 5 atom stereocenters. The number of alkyl halides is 1. The van der Waals surface area contributed by atoms with Gasteiger partial charge in [0.15, 0.2) is 29.4 Å². The van der Waals surface area contributed by atoms with E-state index >= 15 is 4.39 Å². The molecule has 2 unspecified atom stereocenters. The van der Waals surface area contributed by atoms with E-state index < -0.39 is 33.1 Å². The Morgan fingerprint density at radius 3 is 2.60 bits per heavy atom. The first kappa shape index (κ1) is 29.9. The normalized spacial score (nSPS) is 21.8. The Balaban J connectivity index is 1.59. The van der Waals surface area contributed by atoms with Gasteiger partial charge in [-0.05, 0) is 46.2 Å². The first-order chi connectivity index (χ1) is 19.3. The molecule has 1 N–H and O–H groups in total. The molecular weight excluding hydrogens is 536 g/mol. The van der Waals surface area contributed by atoms with Gasteiger partial charge in [-0.2, -0.15) is 5.26 Å². The third-order valence-electron chi connectivity index (χ3n) is 6.44. The Hall–Kier alpha value is -3.07. The van der Waals surface area contributed by atoms with Crippen molar-refractivity contribution in [1.82, 2.24) is 24.2 Å². The van der Waals surface area contributed by atoms with Crippen molar-refractivity contribution in [2.75, 3.05) is 11.9 Å². The van der Waals surface area contributed by atoms with Crippen LogP contribution in [0.5, 0.6) is 0 Å². The number of carbonyl (C=O) groups excluding carboxylic acids is 1. The lowest BCUT2D eigenvalue weighted by Crippen LogP contribution is -2.37. The van der Waals surface area contributed by atoms with Crippen molar-refractivity contribution in [3.8, 4) is 6.07 Å². The monoisotopic (exact) mass is 571 g/mol. The van der Waals surface area contributed by atoms with E-state index in [4.69, 9.17) is 19.0 Å². The van der Waals surface area contributed by atoms with E-state index in [-0.39, 0.29) is 36.8 Å². The average molecular weight is 572 g/mol. The number of nitrogens with one attached hydrogen (secondary N) is 1. The lowest BCUT2D eigenvalue weighted by molar-refractivity contribution is -0.0230. The summed E-state index contributed by atoms with van der Waals surface area (Å²) in [6.07, 6.45) is -0.657. The van der Waals surface area contributed by atoms with Crippen LogP contribution >= 0.6 is 8.53 Å². The number of nitrogens with zero attached hydrogens (tertiary/aromatic N) is 6. The van der Waals surface area contributed by atoms with Crippen LogP contribution in [0, 0.1) is 11.3 Å². The van der Waals surface area contributed by atoms with Crippen LogP contribution in [-0.2, 0) is 13.8 Å². The number of anilines is 1. The molecule has 1 amide bonds. The zero-order valence-electron chi connectivity index (χ0n) is 23.3. The van der Waals surface area contributed by atoms with Crippen molar-refractivity contribution >= 4 is 31.4 Å². The van der Waals surface area contributed by atoms with E-state index in [0.717, 1.165) is 0 Å². The molecule has 40 heavy (non-hydrogen) atoms. The third kappa shape index (κ3) is 6.45. The summed E-state index contributed by atoms with van der Waals surface area (Å²) in [5.74, 6) is -0.135. The first-order valence-electron chi connectivity index (χ1n) is 13.3. The standard InChI is InChI=1S/C27H35FN7O4P/c1-6-20-23(39-40(37-14-10-13-29)35(17(2)3)18(4)5)21(28)27(38-20)34-16-32-22-24(30-15-31-25(22)34)33-26(36)19-11-8-7-9-12-19/h7-9,11-12,15-18,20-21,23,27H,6,10,14H2,1-5H3,(H,30,31,33,36)/t20-,21?,23+,27-,40?/m1/s1. The molecule has 13 heteroatoms. The number of fused-ring (bicyclic) bond motifs is 1. The summed E-state index contributed by atoms with van der Waals surface area (Å²) in [4.78, 5) is 25.6. The Labute approximate surface area is 234 Å². The Morgan fingerprint density at radius 2 is 1.95 bits per heavy atom. The van der Waals surface area contributed by atoms with E-state index in [9.17, 15) is 4.79 Å². The quantitative estimate of drug-likeness (QED) is 0.225. The molecule has 214 valence electrons. The van der Waals surface area contributed by atoms with Crippen molar-refractivity contribution in [2.45, 2.75) is 84.2 Å². The van der Waals surface area contributed by atoms with Crippen LogP contribution in [0.3, 0.4) is 0 Å². The second-order valence-electron chi connectivity index (χ2n) is 9.90. The van der Waals surface area contributed by atoms with Gasteiger partial charge in [0.05, 0.1) is 31.5 Å². The van der Waals surface area contributed by atoms with Gasteiger partial charge >= 0.3 is 0 Å². The fourth-order valence-electron chi connectivity index (χ4n) is 4.67. The highest BCUT2D eigenvalue weighted by Crippen LogP contribution is 2.51. The van der Waals surface area contributed by atoms with Crippen LogP contribution in [0.4, 0.5) is 10.2 Å². The van der Waals surface area contributed by atoms with Crippen LogP contribution in [0.15, 0.2) is 43.0 Å². The van der Waals surface area contributed by atoms with Crippen molar-refractivity contribution in [3.05, 3.63) is 48.5 Å². The fraction of sp³-hybridized carbons (Fsp3) is 0.519. The zero-order valence-corrected chi connectivity index (χ0v) is 24.2. The van der Waals surface area contributed by atoms with Gasteiger partial charge in [-0.3, -0.25) is 9.36 Å². The Kier molecular flexibility index (Phi) is 10.1. The number of rotatable bonds is 12. The molecule has 0 radical (unpaired) electrons. The molecule has 3 heterocycles. The van der Waals surface area contributed by atoms with Crippen molar-refractivity contribution in [2.24, 2.45) is 0 Å². The summed E-state index contributed by atoms with van der Waals surface area (Å²) in [5, 5.41) is 11.8. The minimum absolute atomic E-state index is 0.0725. The molecule has 1 aliphatic heterocycles. The Morgan fingerprint density at radius 1 is 1.23 bits per heavy atom. The molecule has 1 aromatic carbocycles. The van der Waals surface area contributed by atoms with E-state index in [1.165, 1.54) is 17.2 Å². The molecule has 0 bridgehead atoms. The molecule has 0 aliphatic carbocycles. The van der Waals surface area contributed by atoms with Gasteiger partial charge in [0.1, 0.15) is 12.4 Å².